The van der Waals surface area contributed by atoms with Gasteiger partial charge in [0, 0.05) is 24.7 Å². The molecular formula is C15H19N3OS. The first kappa shape index (κ1) is 13.4. The van der Waals surface area contributed by atoms with Gasteiger partial charge in [0.05, 0.1) is 11.1 Å². The van der Waals surface area contributed by atoms with Crippen LogP contribution in [0.15, 0.2) is 17.6 Å². The predicted molar refractivity (Wildman–Crippen MR) is 80.3 cm³/mol. The zero-order valence-corrected chi connectivity index (χ0v) is 12.7. The highest BCUT2D eigenvalue weighted by atomic mass is 32.1. The van der Waals surface area contributed by atoms with Crippen LogP contribution in [0.3, 0.4) is 0 Å². The molecule has 5 heteroatoms. The highest BCUT2D eigenvalue weighted by Crippen LogP contribution is 2.29. The third-order valence-corrected chi connectivity index (χ3v) is 4.96. The largest absolute Gasteiger partial charge is 0.337 e. The Kier molecular flexibility index (Phi) is 3.61. The average molecular weight is 289 g/mol. The Hall–Kier alpha value is -1.62. The molecule has 0 radical (unpaired) electrons. The van der Waals surface area contributed by atoms with E-state index in [1.54, 1.807) is 11.3 Å². The second kappa shape index (κ2) is 5.40. The van der Waals surface area contributed by atoms with Crippen LogP contribution < -0.4 is 0 Å². The van der Waals surface area contributed by atoms with Crippen molar-refractivity contribution in [2.24, 2.45) is 0 Å². The van der Waals surface area contributed by atoms with E-state index in [0.29, 0.717) is 5.92 Å². The fourth-order valence-corrected chi connectivity index (χ4v) is 3.73. The van der Waals surface area contributed by atoms with Crippen LogP contribution >= 0.6 is 11.3 Å². The van der Waals surface area contributed by atoms with Crippen LogP contribution in [0.25, 0.3) is 0 Å². The number of aryl methyl sites for hydroxylation is 2. The van der Waals surface area contributed by atoms with Gasteiger partial charge in [-0.2, -0.15) is 5.10 Å². The van der Waals surface area contributed by atoms with Crippen molar-refractivity contribution in [3.8, 4) is 0 Å². The van der Waals surface area contributed by atoms with Crippen LogP contribution in [0.4, 0.5) is 0 Å². The van der Waals surface area contributed by atoms with E-state index in [2.05, 4.69) is 17.1 Å². The minimum absolute atomic E-state index is 0.171. The number of thiophene rings is 1. The highest BCUT2D eigenvalue weighted by molar-refractivity contribution is 7.12. The fourth-order valence-electron chi connectivity index (χ4n) is 2.87. The number of amides is 1. The monoisotopic (exact) mass is 289 g/mol. The molecule has 2 aromatic rings. The molecule has 3 heterocycles. The van der Waals surface area contributed by atoms with Crippen LogP contribution in [0.1, 0.15) is 45.3 Å². The fraction of sp³-hybridized carbons (Fsp3) is 0.467. The van der Waals surface area contributed by atoms with Gasteiger partial charge in [-0.3, -0.25) is 9.89 Å². The average Bonchev–Trinajstić information content (AvgIpc) is 3.07. The molecular weight excluding hydrogens is 270 g/mol. The molecule has 0 bridgehead atoms. The van der Waals surface area contributed by atoms with Crippen LogP contribution in [-0.4, -0.2) is 34.1 Å². The quantitative estimate of drug-likeness (QED) is 0.923. The summed E-state index contributed by atoms with van der Waals surface area (Å²) in [6.07, 6.45) is 4.04. The Morgan fingerprint density at radius 1 is 1.50 bits per heavy atom. The van der Waals surface area contributed by atoms with E-state index in [0.717, 1.165) is 36.4 Å². The van der Waals surface area contributed by atoms with Gasteiger partial charge < -0.3 is 4.90 Å². The summed E-state index contributed by atoms with van der Waals surface area (Å²) in [7, 11) is 0. The van der Waals surface area contributed by atoms with Crippen molar-refractivity contribution in [3.63, 3.8) is 0 Å². The Balaban J connectivity index is 1.75. The zero-order valence-electron chi connectivity index (χ0n) is 11.8. The topological polar surface area (TPSA) is 49.0 Å². The number of carbonyl (C=O) groups is 1. The van der Waals surface area contributed by atoms with Gasteiger partial charge in [-0.05, 0) is 49.3 Å². The summed E-state index contributed by atoms with van der Waals surface area (Å²) in [6.45, 7) is 5.75. The molecule has 1 amide bonds. The normalized spacial score (nSPS) is 19.3. The van der Waals surface area contributed by atoms with Gasteiger partial charge in [-0.1, -0.05) is 0 Å². The molecule has 0 spiro atoms. The molecule has 1 atom stereocenters. The smallest absolute Gasteiger partial charge is 0.263 e. The molecule has 1 unspecified atom stereocenters. The SMILES string of the molecule is Cc1csc(C(=O)N2CCCC(c3[nH]ncc3C)C2)c1. The Labute approximate surface area is 122 Å². The van der Waals surface area contributed by atoms with Gasteiger partial charge >= 0.3 is 0 Å². The Morgan fingerprint density at radius 3 is 3.00 bits per heavy atom. The van der Waals surface area contributed by atoms with Crippen molar-refractivity contribution in [3.05, 3.63) is 39.3 Å². The number of aromatic nitrogens is 2. The van der Waals surface area contributed by atoms with E-state index in [1.165, 1.54) is 11.3 Å². The van der Waals surface area contributed by atoms with Crippen molar-refractivity contribution in [2.75, 3.05) is 13.1 Å². The number of H-pyrrole nitrogens is 1. The molecule has 0 aromatic carbocycles. The molecule has 4 nitrogen and oxygen atoms in total. The van der Waals surface area contributed by atoms with Crippen molar-refractivity contribution < 1.29 is 4.79 Å². The lowest BCUT2D eigenvalue weighted by molar-refractivity contribution is 0.0710. The van der Waals surface area contributed by atoms with Crippen molar-refractivity contribution >= 4 is 17.2 Å². The second-order valence-electron chi connectivity index (χ2n) is 5.55. The van der Waals surface area contributed by atoms with Crippen LogP contribution in [0.2, 0.25) is 0 Å². The summed E-state index contributed by atoms with van der Waals surface area (Å²) >= 11 is 1.54. The number of hydrogen-bond donors (Lipinski definition) is 1. The van der Waals surface area contributed by atoms with E-state index in [9.17, 15) is 4.79 Å². The first-order chi connectivity index (χ1) is 9.65. The summed E-state index contributed by atoms with van der Waals surface area (Å²) in [5.74, 6) is 0.557. The van der Waals surface area contributed by atoms with E-state index in [-0.39, 0.29) is 5.91 Å². The third-order valence-electron chi connectivity index (χ3n) is 3.93. The predicted octanol–water partition coefficient (Wildman–Crippen LogP) is 3.11. The molecule has 1 N–H and O–H groups in total. The molecule has 3 rings (SSSR count). The molecule has 106 valence electrons. The highest BCUT2D eigenvalue weighted by Gasteiger charge is 2.27. The van der Waals surface area contributed by atoms with Crippen LogP contribution in [0.5, 0.6) is 0 Å². The molecule has 20 heavy (non-hydrogen) atoms. The molecule has 2 aromatic heterocycles. The lowest BCUT2D eigenvalue weighted by Crippen LogP contribution is -2.39. The number of rotatable bonds is 2. The molecule has 1 saturated heterocycles. The molecule has 1 aliphatic rings. The first-order valence-corrected chi connectivity index (χ1v) is 7.87. The summed E-state index contributed by atoms with van der Waals surface area (Å²) < 4.78 is 0. The lowest BCUT2D eigenvalue weighted by Gasteiger charge is -2.32. The van der Waals surface area contributed by atoms with Gasteiger partial charge in [-0.25, -0.2) is 0 Å². The maximum absolute atomic E-state index is 12.5. The van der Waals surface area contributed by atoms with E-state index < -0.39 is 0 Å². The maximum Gasteiger partial charge on any atom is 0.263 e. The third kappa shape index (κ3) is 2.50. The van der Waals surface area contributed by atoms with E-state index in [1.807, 2.05) is 29.5 Å². The summed E-state index contributed by atoms with van der Waals surface area (Å²) in [5.41, 5.74) is 3.54. The van der Waals surface area contributed by atoms with Gasteiger partial charge in [0.1, 0.15) is 0 Å². The van der Waals surface area contributed by atoms with E-state index in [4.69, 9.17) is 0 Å². The number of aromatic amines is 1. The number of hydrogen-bond acceptors (Lipinski definition) is 3. The van der Waals surface area contributed by atoms with Crippen LogP contribution in [-0.2, 0) is 0 Å². The zero-order chi connectivity index (χ0) is 14.1. The standard InChI is InChI=1S/C15H19N3OS/c1-10-6-13(20-9-10)15(19)18-5-3-4-12(8-18)14-11(2)7-16-17-14/h6-7,9,12H,3-5,8H2,1-2H3,(H,16,17). The molecule has 0 aliphatic carbocycles. The van der Waals surface area contributed by atoms with Gasteiger partial charge in [0.15, 0.2) is 0 Å². The van der Waals surface area contributed by atoms with Crippen molar-refractivity contribution in [1.82, 2.24) is 15.1 Å². The summed E-state index contributed by atoms with van der Waals surface area (Å²) in [5, 5.41) is 9.23. The van der Waals surface area contributed by atoms with Crippen LogP contribution in [0, 0.1) is 13.8 Å². The summed E-state index contributed by atoms with van der Waals surface area (Å²) in [6, 6.07) is 1.98. The van der Waals surface area contributed by atoms with E-state index >= 15 is 0 Å². The number of nitrogens with one attached hydrogen (secondary N) is 1. The molecule has 0 saturated carbocycles. The maximum atomic E-state index is 12.5. The Bertz CT molecular complexity index is 616. The minimum Gasteiger partial charge on any atom is -0.337 e. The van der Waals surface area contributed by atoms with Gasteiger partial charge in [-0.15, -0.1) is 11.3 Å². The number of likely N-dealkylation sites (tertiary alicyclic amines) is 1. The molecule has 1 aliphatic heterocycles. The lowest BCUT2D eigenvalue weighted by atomic mass is 9.93. The van der Waals surface area contributed by atoms with Crippen molar-refractivity contribution in [1.29, 1.82) is 0 Å². The number of carbonyl (C=O) groups excluding carboxylic acids is 1. The van der Waals surface area contributed by atoms with Crippen molar-refractivity contribution in [2.45, 2.75) is 32.6 Å². The summed E-state index contributed by atoms with van der Waals surface area (Å²) in [4.78, 5) is 15.4. The first-order valence-electron chi connectivity index (χ1n) is 6.99. The van der Waals surface area contributed by atoms with Gasteiger partial charge in [0.2, 0.25) is 0 Å². The molecule has 1 fully saturated rings. The second-order valence-corrected chi connectivity index (χ2v) is 6.46. The number of nitrogens with zero attached hydrogens (tertiary/aromatic N) is 2. The van der Waals surface area contributed by atoms with Gasteiger partial charge in [0.25, 0.3) is 5.91 Å². The minimum atomic E-state index is 0.171. The Morgan fingerprint density at radius 2 is 2.35 bits per heavy atom. The number of piperidine rings is 1.